The van der Waals surface area contributed by atoms with Crippen LogP contribution >= 0.6 is 0 Å². The van der Waals surface area contributed by atoms with Gasteiger partial charge in [0.25, 0.3) is 0 Å². The average molecular weight is 409 g/mol. The van der Waals surface area contributed by atoms with E-state index in [1.807, 2.05) is 0 Å². The number of nitrogens with one attached hydrogen (secondary N) is 1. The van der Waals surface area contributed by atoms with E-state index in [0.29, 0.717) is 26.1 Å². The van der Waals surface area contributed by atoms with E-state index in [2.05, 4.69) is 15.4 Å². The summed E-state index contributed by atoms with van der Waals surface area (Å²) in [4.78, 5) is 37.4. The molecule has 1 aliphatic heterocycles. The second kappa shape index (κ2) is 11.1. The summed E-state index contributed by atoms with van der Waals surface area (Å²) in [6.45, 7) is 1.74. The number of rotatable bonds is 6. The molecule has 28 heavy (non-hydrogen) atoms. The molecule has 0 radical (unpaired) electrons. The van der Waals surface area contributed by atoms with Crippen LogP contribution in [0.5, 0.6) is 0 Å². The fourth-order valence-electron chi connectivity index (χ4n) is 2.59. The van der Waals surface area contributed by atoms with Gasteiger partial charge in [-0.15, -0.1) is 0 Å². The number of carbonyl (C=O) groups is 3. The second-order valence-corrected chi connectivity index (χ2v) is 5.97. The van der Waals surface area contributed by atoms with Gasteiger partial charge in [0.1, 0.15) is 12.7 Å². The molecule has 2 rings (SSSR count). The molecule has 10 nitrogen and oxygen atoms in total. The molecule has 0 spiro atoms. The first-order valence-corrected chi connectivity index (χ1v) is 8.50. The Kier molecular flexibility index (Phi) is 9.18. The number of hydrogen-bond acceptors (Lipinski definition) is 5. The van der Waals surface area contributed by atoms with Gasteiger partial charge in [-0.25, -0.2) is 14.6 Å². The third kappa shape index (κ3) is 8.68. The molecular formula is C15H22F3N5O5. The van der Waals surface area contributed by atoms with E-state index in [0.717, 1.165) is 19.3 Å². The maximum atomic E-state index is 12.2. The number of carboxylic acid groups (broad SMARTS) is 2. The predicted molar refractivity (Wildman–Crippen MR) is 88.3 cm³/mol. The molecule has 0 saturated carbocycles. The van der Waals surface area contributed by atoms with Crippen LogP contribution in [0, 0.1) is 0 Å². The van der Waals surface area contributed by atoms with Crippen LogP contribution in [0.2, 0.25) is 0 Å². The van der Waals surface area contributed by atoms with E-state index in [1.54, 1.807) is 15.9 Å². The van der Waals surface area contributed by atoms with Crippen LogP contribution < -0.4 is 5.32 Å². The minimum Gasteiger partial charge on any atom is -0.481 e. The third-order valence-corrected chi connectivity index (χ3v) is 3.91. The molecule has 0 aliphatic carbocycles. The van der Waals surface area contributed by atoms with E-state index >= 15 is 0 Å². The minimum atomic E-state index is -5.08. The van der Waals surface area contributed by atoms with Crippen molar-refractivity contribution in [1.29, 1.82) is 0 Å². The van der Waals surface area contributed by atoms with Crippen molar-refractivity contribution in [1.82, 2.24) is 25.0 Å². The van der Waals surface area contributed by atoms with Crippen LogP contribution in [0.3, 0.4) is 0 Å². The van der Waals surface area contributed by atoms with Gasteiger partial charge in [-0.05, 0) is 25.7 Å². The van der Waals surface area contributed by atoms with E-state index < -0.39 is 18.1 Å². The van der Waals surface area contributed by atoms with Gasteiger partial charge >= 0.3 is 24.1 Å². The molecule has 1 aromatic heterocycles. The highest BCUT2D eigenvalue weighted by Crippen LogP contribution is 2.20. The normalized spacial score (nSPS) is 16.7. The number of carboxylic acids is 2. The first kappa shape index (κ1) is 23.2. The lowest BCUT2D eigenvalue weighted by atomic mass is 9.98. The zero-order valence-corrected chi connectivity index (χ0v) is 14.9. The number of alkyl halides is 3. The molecule has 0 aromatic carbocycles. The molecule has 0 bridgehead atoms. The summed E-state index contributed by atoms with van der Waals surface area (Å²) in [5.41, 5.74) is 0. The summed E-state index contributed by atoms with van der Waals surface area (Å²) >= 11 is 0. The Morgan fingerprint density at radius 1 is 1.21 bits per heavy atom. The highest BCUT2D eigenvalue weighted by molar-refractivity contribution is 5.75. The number of nitrogens with zero attached hydrogens (tertiary/aromatic N) is 4. The smallest absolute Gasteiger partial charge is 0.481 e. The van der Waals surface area contributed by atoms with Crippen LogP contribution in [0.15, 0.2) is 12.7 Å². The second-order valence-electron chi connectivity index (χ2n) is 5.97. The molecule has 1 fully saturated rings. The standard InChI is InChI=1S/C13H21N5O3.C2HF3O2/c19-12(20)5-4-11-3-1-2-7-18(11)13(21)15-6-8-17-10-14-9-16-17;3-2(4,5)1(6)7/h9-11H,1-8H2,(H,15,21)(H,19,20);(H,6,7). The minimum absolute atomic E-state index is 0.0289. The number of carbonyl (C=O) groups excluding carboxylic acids is 1. The predicted octanol–water partition coefficient (Wildman–Crippen LogP) is 1.34. The Hall–Kier alpha value is -2.86. The number of halogens is 3. The molecule has 1 aliphatic rings. The average Bonchev–Trinajstić information content (AvgIpc) is 3.13. The number of amides is 2. The van der Waals surface area contributed by atoms with E-state index in [-0.39, 0.29) is 18.5 Å². The van der Waals surface area contributed by atoms with Crippen LogP contribution in [0.1, 0.15) is 32.1 Å². The Labute approximate surface area is 158 Å². The molecule has 3 N–H and O–H groups in total. The molecule has 13 heteroatoms. The molecule has 1 aromatic rings. The number of aromatic nitrogens is 3. The molecule has 2 heterocycles. The van der Waals surface area contributed by atoms with Crippen molar-refractivity contribution in [3.05, 3.63) is 12.7 Å². The first-order chi connectivity index (χ1) is 13.1. The Morgan fingerprint density at radius 2 is 1.89 bits per heavy atom. The molecule has 1 saturated heterocycles. The topological polar surface area (TPSA) is 138 Å². The molecule has 2 amide bonds. The number of piperidine rings is 1. The Morgan fingerprint density at radius 3 is 2.43 bits per heavy atom. The fourth-order valence-corrected chi connectivity index (χ4v) is 2.59. The molecule has 158 valence electrons. The summed E-state index contributed by atoms with van der Waals surface area (Å²) in [7, 11) is 0. The lowest BCUT2D eigenvalue weighted by Gasteiger charge is -2.35. The van der Waals surface area contributed by atoms with Gasteiger partial charge in [0, 0.05) is 25.6 Å². The molecule has 1 atom stereocenters. The molecular weight excluding hydrogens is 387 g/mol. The summed E-state index contributed by atoms with van der Waals surface area (Å²) in [6, 6.07) is -0.0913. The van der Waals surface area contributed by atoms with Gasteiger partial charge in [-0.2, -0.15) is 18.3 Å². The van der Waals surface area contributed by atoms with Gasteiger partial charge in [-0.3, -0.25) is 9.48 Å². The quantitative estimate of drug-likeness (QED) is 0.645. The number of likely N-dealkylation sites (tertiary alicyclic amines) is 1. The van der Waals surface area contributed by atoms with Crippen molar-refractivity contribution in [2.24, 2.45) is 0 Å². The van der Waals surface area contributed by atoms with Crippen molar-refractivity contribution in [3.8, 4) is 0 Å². The maximum absolute atomic E-state index is 12.2. The van der Waals surface area contributed by atoms with Crippen LogP contribution in [0.4, 0.5) is 18.0 Å². The Bertz CT molecular complexity index is 639. The fraction of sp³-hybridized carbons (Fsp3) is 0.667. The van der Waals surface area contributed by atoms with E-state index in [1.165, 1.54) is 6.33 Å². The summed E-state index contributed by atoms with van der Waals surface area (Å²) in [5.74, 6) is -3.57. The first-order valence-electron chi connectivity index (χ1n) is 8.50. The SMILES string of the molecule is O=C(O)C(F)(F)F.O=C(O)CCC1CCCCN1C(=O)NCCn1cncn1. The third-order valence-electron chi connectivity index (χ3n) is 3.91. The number of aliphatic carboxylic acids is 2. The van der Waals surface area contributed by atoms with Crippen molar-refractivity contribution >= 4 is 18.0 Å². The zero-order valence-electron chi connectivity index (χ0n) is 14.9. The zero-order chi connectivity index (χ0) is 21.2. The van der Waals surface area contributed by atoms with Crippen LogP contribution in [0.25, 0.3) is 0 Å². The summed E-state index contributed by atoms with van der Waals surface area (Å²) in [5, 5.41) is 22.7. The van der Waals surface area contributed by atoms with Gasteiger partial charge < -0.3 is 20.4 Å². The molecule has 1 unspecified atom stereocenters. The van der Waals surface area contributed by atoms with Gasteiger partial charge in [0.05, 0.1) is 6.54 Å². The Balaban J connectivity index is 0.000000480. The van der Waals surface area contributed by atoms with E-state index in [9.17, 15) is 22.8 Å². The van der Waals surface area contributed by atoms with Crippen LogP contribution in [-0.2, 0) is 16.1 Å². The summed E-state index contributed by atoms with van der Waals surface area (Å²) in [6.07, 6.45) is 1.49. The lowest BCUT2D eigenvalue weighted by molar-refractivity contribution is -0.192. The highest BCUT2D eigenvalue weighted by Gasteiger charge is 2.38. The van der Waals surface area contributed by atoms with Gasteiger partial charge in [0.15, 0.2) is 0 Å². The van der Waals surface area contributed by atoms with Crippen molar-refractivity contribution in [2.75, 3.05) is 13.1 Å². The maximum Gasteiger partial charge on any atom is 0.490 e. The van der Waals surface area contributed by atoms with Crippen molar-refractivity contribution in [2.45, 2.75) is 50.9 Å². The number of hydrogen-bond donors (Lipinski definition) is 3. The van der Waals surface area contributed by atoms with Crippen molar-refractivity contribution in [3.63, 3.8) is 0 Å². The van der Waals surface area contributed by atoms with Gasteiger partial charge in [0.2, 0.25) is 0 Å². The highest BCUT2D eigenvalue weighted by atomic mass is 19.4. The largest absolute Gasteiger partial charge is 0.490 e. The summed E-state index contributed by atoms with van der Waals surface area (Å²) < 4.78 is 33.4. The monoisotopic (exact) mass is 409 g/mol. The van der Waals surface area contributed by atoms with Crippen LogP contribution in [-0.4, -0.2) is 73.2 Å². The van der Waals surface area contributed by atoms with E-state index in [4.69, 9.17) is 15.0 Å². The number of urea groups is 1. The van der Waals surface area contributed by atoms with Crippen molar-refractivity contribution < 1.29 is 37.8 Å². The van der Waals surface area contributed by atoms with Gasteiger partial charge in [-0.1, -0.05) is 0 Å². The lowest BCUT2D eigenvalue weighted by Crippen LogP contribution is -2.49.